The van der Waals surface area contributed by atoms with Crippen molar-refractivity contribution in [2.24, 2.45) is 0 Å². The zero-order valence-corrected chi connectivity index (χ0v) is 10.7. The Morgan fingerprint density at radius 3 is 3.28 bits per heavy atom. The molecule has 1 aliphatic rings. The van der Waals surface area contributed by atoms with E-state index in [0.29, 0.717) is 6.42 Å². The number of hydrogen-bond acceptors (Lipinski definition) is 4. The summed E-state index contributed by atoms with van der Waals surface area (Å²) in [7, 11) is 0. The molecule has 1 aliphatic heterocycles. The van der Waals surface area contributed by atoms with Gasteiger partial charge in [-0.2, -0.15) is 0 Å². The molecule has 2 aromatic heterocycles. The second-order valence-corrected chi connectivity index (χ2v) is 5.14. The fourth-order valence-corrected chi connectivity index (χ4v) is 2.98. The molecule has 0 spiro atoms. The van der Waals surface area contributed by atoms with Crippen molar-refractivity contribution in [1.82, 2.24) is 9.88 Å². The van der Waals surface area contributed by atoms with Gasteiger partial charge in [-0.3, -0.25) is 4.79 Å². The van der Waals surface area contributed by atoms with Crippen LogP contribution in [0.25, 0.3) is 0 Å². The molecule has 0 unspecified atom stereocenters. The highest BCUT2D eigenvalue weighted by Crippen LogP contribution is 2.32. The molecule has 0 aliphatic carbocycles. The number of rotatable bonds is 3. The largest absolute Gasteiger partial charge is 0.467 e. The molecule has 0 saturated carbocycles. The van der Waals surface area contributed by atoms with Crippen LogP contribution in [0.5, 0.6) is 0 Å². The van der Waals surface area contributed by atoms with E-state index in [1.54, 1.807) is 11.8 Å². The summed E-state index contributed by atoms with van der Waals surface area (Å²) in [4.78, 5) is 18.3. The van der Waals surface area contributed by atoms with Crippen LogP contribution in [0.15, 0.2) is 33.7 Å². The first-order chi connectivity index (χ1) is 8.84. The second kappa shape index (κ2) is 4.94. The van der Waals surface area contributed by atoms with Crippen LogP contribution in [-0.2, 0) is 11.2 Å². The van der Waals surface area contributed by atoms with E-state index < -0.39 is 0 Å². The average molecular weight is 262 g/mol. The highest BCUT2D eigenvalue weighted by atomic mass is 32.1. The molecular weight excluding hydrogens is 248 g/mol. The minimum absolute atomic E-state index is 0.103. The Morgan fingerprint density at radius 2 is 2.56 bits per heavy atom. The van der Waals surface area contributed by atoms with Crippen LogP contribution in [0.1, 0.15) is 30.3 Å². The van der Waals surface area contributed by atoms with Crippen LogP contribution in [0, 0.1) is 0 Å². The van der Waals surface area contributed by atoms with Crippen LogP contribution in [0.2, 0.25) is 0 Å². The van der Waals surface area contributed by atoms with Gasteiger partial charge in [0.15, 0.2) is 0 Å². The van der Waals surface area contributed by atoms with E-state index in [1.165, 1.54) is 11.3 Å². The predicted octanol–water partition coefficient (Wildman–Crippen LogP) is 2.64. The lowest BCUT2D eigenvalue weighted by atomic mass is 10.1. The lowest BCUT2D eigenvalue weighted by Gasteiger charge is -2.22. The molecule has 3 heterocycles. The van der Waals surface area contributed by atoms with E-state index >= 15 is 0 Å². The molecule has 1 atom stereocenters. The Balaban J connectivity index is 1.73. The average Bonchev–Trinajstić information content (AvgIpc) is 3.11. The maximum atomic E-state index is 12.3. The molecule has 0 N–H and O–H groups in total. The first-order valence-corrected chi connectivity index (χ1v) is 6.99. The van der Waals surface area contributed by atoms with Crippen molar-refractivity contribution >= 4 is 17.2 Å². The quantitative estimate of drug-likeness (QED) is 0.854. The van der Waals surface area contributed by atoms with Crippen LogP contribution >= 0.6 is 11.3 Å². The topological polar surface area (TPSA) is 46.3 Å². The van der Waals surface area contributed by atoms with Gasteiger partial charge in [0.05, 0.1) is 29.9 Å². The minimum atomic E-state index is 0.103. The van der Waals surface area contributed by atoms with Gasteiger partial charge in [0.25, 0.3) is 0 Å². The van der Waals surface area contributed by atoms with E-state index in [4.69, 9.17) is 4.42 Å². The Labute approximate surface area is 109 Å². The van der Waals surface area contributed by atoms with Crippen molar-refractivity contribution in [2.75, 3.05) is 6.54 Å². The summed E-state index contributed by atoms with van der Waals surface area (Å²) in [5.41, 5.74) is 2.62. The molecule has 1 saturated heterocycles. The van der Waals surface area contributed by atoms with Gasteiger partial charge in [-0.1, -0.05) is 0 Å². The highest BCUT2D eigenvalue weighted by Gasteiger charge is 2.31. The first kappa shape index (κ1) is 11.5. The zero-order chi connectivity index (χ0) is 12.4. The Kier molecular flexibility index (Phi) is 3.15. The number of aromatic nitrogens is 1. The minimum Gasteiger partial charge on any atom is -0.467 e. The summed E-state index contributed by atoms with van der Waals surface area (Å²) >= 11 is 1.52. The third-order valence-electron chi connectivity index (χ3n) is 3.26. The summed E-state index contributed by atoms with van der Waals surface area (Å²) in [5.74, 6) is 1.03. The number of nitrogens with zero attached hydrogens (tertiary/aromatic N) is 2. The van der Waals surface area contributed by atoms with E-state index in [9.17, 15) is 4.79 Å². The van der Waals surface area contributed by atoms with Gasteiger partial charge in [-0.25, -0.2) is 4.98 Å². The Bertz CT molecular complexity index is 507. The SMILES string of the molecule is O=C(Cc1cscn1)N1CCC[C@@H]1c1ccco1. The van der Waals surface area contributed by atoms with Crippen molar-refractivity contribution in [2.45, 2.75) is 25.3 Å². The molecule has 4 nitrogen and oxygen atoms in total. The number of likely N-dealkylation sites (tertiary alicyclic amines) is 1. The predicted molar refractivity (Wildman–Crippen MR) is 68.2 cm³/mol. The molecule has 94 valence electrons. The lowest BCUT2D eigenvalue weighted by molar-refractivity contribution is -0.131. The monoisotopic (exact) mass is 262 g/mol. The highest BCUT2D eigenvalue weighted by molar-refractivity contribution is 7.07. The molecular formula is C13H14N2O2S. The van der Waals surface area contributed by atoms with Gasteiger partial charge in [-0.05, 0) is 25.0 Å². The van der Waals surface area contributed by atoms with Gasteiger partial charge in [0.2, 0.25) is 5.91 Å². The first-order valence-electron chi connectivity index (χ1n) is 6.04. The molecule has 0 radical (unpaired) electrons. The second-order valence-electron chi connectivity index (χ2n) is 4.42. The van der Waals surface area contributed by atoms with Gasteiger partial charge >= 0.3 is 0 Å². The molecule has 0 aromatic carbocycles. The number of hydrogen-bond donors (Lipinski definition) is 0. The van der Waals surface area contributed by atoms with Gasteiger partial charge in [-0.15, -0.1) is 11.3 Å². The van der Waals surface area contributed by atoms with Crippen LogP contribution < -0.4 is 0 Å². The van der Waals surface area contributed by atoms with Gasteiger partial charge < -0.3 is 9.32 Å². The third kappa shape index (κ3) is 2.18. The maximum absolute atomic E-state index is 12.3. The molecule has 2 aromatic rings. The van der Waals surface area contributed by atoms with Gasteiger partial charge in [0, 0.05) is 11.9 Å². The van der Waals surface area contributed by atoms with E-state index in [-0.39, 0.29) is 11.9 Å². The normalized spacial score (nSPS) is 19.3. The maximum Gasteiger partial charge on any atom is 0.229 e. The number of carbonyl (C=O) groups excluding carboxylic acids is 1. The molecule has 18 heavy (non-hydrogen) atoms. The van der Waals surface area contributed by atoms with Crippen LogP contribution in [0.3, 0.4) is 0 Å². The molecule has 5 heteroatoms. The Hall–Kier alpha value is -1.62. The smallest absolute Gasteiger partial charge is 0.229 e. The van der Waals surface area contributed by atoms with Crippen molar-refractivity contribution in [3.8, 4) is 0 Å². The van der Waals surface area contributed by atoms with Crippen molar-refractivity contribution in [3.63, 3.8) is 0 Å². The lowest BCUT2D eigenvalue weighted by Crippen LogP contribution is -2.31. The van der Waals surface area contributed by atoms with E-state index in [1.807, 2.05) is 22.4 Å². The van der Waals surface area contributed by atoms with Gasteiger partial charge in [0.1, 0.15) is 5.76 Å². The summed E-state index contributed by atoms with van der Waals surface area (Å²) < 4.78 is 5.43. The zero-order valence-electron chi connectivity index (χ0n) is 9.91. The summed E-state index contributed by atoms with van der Waals surface area (Å²) in [6, 6.07) is 3.92. The number of amides is 1. The third-order valence-corrected chi connectivity index (χ3v) is 3.90. The summed E-state index contributed by atoms with van der Waals surface area (Å²) in [5, 5.41) is 1.93. The number of carbonyl (C=O) groups is 1. The fraction of sp³-hybridized carbons (Fsp3) is 0.385. The van der Waals surface area contributed by atoms with Crippen molar-refractivity contribution < 1.29 is 9.21 Å². The standard InChI is InChI=1S/C13H14N2O2S/c16-13(7-10-8-18-9-14-10)15-5-1-3-11(15)12-4-2-6-17-12/h2,4,6,8-9,11H,1,3,5,7H2/t11-/m1/s1. The molecule has 1 amide bonds. The fourth-order valence-electron chi connectivity index (χ4n) is 2.42. The Morgan fingerprint density at radius 1 is 1.61 bits per heavy atom. The molecule has 0 bridgehead atoms. The summed E-state index contributed by atoms with van der Waals surface area (Å²) in [6.45, 7) is 0.814. The van der Waals surface area contributed by atoms with E-state index in [0.717, 1.165) is 30.8 Å². The number of thiazole rings is 1. The van der Waals surface area contributed by atoms with Crippen LogP contribution in [0.4, 0.5) is 0 Å². The van der Waals surface area contributed by atoms with Crippen LogP contribution in [-0.4, -0.2) is 22.3 Å². The van der Waals surface area contributed by atoms with Crippen molar-refractivity contribution in [3.05, 3.63) is 40.7 Å². The van der Waals surface area contributed by atoms with Crippen molar-refractivity contribution in [1.29, 1.82) is 0 Å². The van der Waals surface area contributed by atoms with E-state index in [2.05, 4.69) is 4.98 Å². The summed E-state index contributed by atoms with van der Waals surface area (Å²) in [6.07, 6.45) is 4.07. The molecule has 1 fully saturated rings. The number of furan rings is 1. The molecule has 3 rings (SSSR count).